The molecule has 0 heterocycles. The number of nitrogens with one attached hydrogen (secondary N) is 1. The summed E-state index contributed by atoms with van der Waals surface area (Å²) in [6, 6.07) is 21.4. The number of sulfonamides is 1. The minimum atomic E-state index is -3.90. The fourth-order valence-electron chi connectivity index (χ4n) is 4.59. The van der Waals surface area contributed by atoms with E-state index < -0.39 is 28.5 Å². The van der Waals surface area contributed by atoms with E-state index in [0.717, 1.165) is 39.2 Å². The molecule has 220 valence electrons. The number of methoxy groups -OCH3 is 1. The third kappa shape index (κ3) is 8.82. The molecule has 2 atom stereocenters. The van der Waals surface area contributed by atoms with Crippen molar-refractivity contribution < 1.29 is 22.7 Å². The van der Waals surface area contributed by atoms with Crippen LogP contribution in [0.4, 0.5) is 5.69 Å². The first kappa shape index (κ1) is 31.7. The second-order valence-electron chi connectivity index (χ2n) is 10.5. The van der Waals surface area contributed by atoms with Gasteiger partial charge in [0.25, 0.3) is 0 Å². The molecule has 0 spiro atoms. The molecule has 0 saturated heterocycles. The van der Waals surface area contributed by atoms with Crippen LogP contribution in [0, 0.1) is 13.8 Å². The number of nitrogens with zero attached hydrogens (tertiary/aromatic N) is 2. The smallest absolute Gasteiger partial charge is 0.244 e. The average Bonchev–Trinajstić information content (AvgIpc) is 2.93. The molecule has 3 aromatic carbocycles. The van der Waals surface area contributed by atoms with E-state index in [1.54, 1.807) is 12.1 Å². The van der Waals surface area contributed by atoms with Crippen molar-refractivity contribution >= 4 is 27.5 Å². The maximum absolute atomic E-state index is 14.2. The van der Waals surface area contributed by atoms with Gasteiger partial charge in [0, 0.05) is 19.0 Å². The lowest BCUT2D eigenvalue weighted by Crippen LogP contribution is -2.54. The zero-order valence-corrected chi connectivity index (χ0v) is 25.6. The van der Waals surface area contributed by atoms with Crippen LogP contribution in [0.3, 0.4) is 0 Å². The molecule has 2 amide bonds. The number of carbonyl (C=O) groups excluding carboxylic acids is 2. The van der Waals surface area contributed by atoms with Crippen LogP contribution in [0.25, 0.3) is 0 Å². The Morgan fingerprint density at radius 2 is 1.59 bits per heavy atom. The SMILES string of the molecule is CC[C@H](C)NC(=O)[C@@H](Cc1ccccc1)N(Cc1cccc(C)c1)C(=O)CN(c1cc(C)ccc1OC)S(C)(=O)=O. The molecule has 1 N–H and O–H groups in total. The van der Waals surface area contributed by atoms with Gasteiger partial charge in [0.1, 0.15) is 18.3 Å². The number of carbonyl (C=O) groups is 2. The molecule has 0 aliphatic carbocycles. The third-order valence-corrected chi connectivity index (χ3v) is 8.12. The van der Waals surface area contributed by atoms with E-state index in [1.807, 2.05) is 88.4 Å². The molecule has 0 aliphatic heterocycles. The molecule has 0 fully saturated rings. The van der Waals surface area contributed by atoms with Gasteiger partial charge in [0.15, 0.2) is 0 Å². The van der Waals surface area contributed by atoms with Gasteiger partial charge < -0.3 is 15.0 Å². The highest BCUT2D eigenvalue weighted by Gasteiger charge is 2.34. The van der Waals surface area contributed by atoms with Crippen LogP contribution in [0.5, 0.6) is 5.75 Å². The largest absolute Gasteiger partial charge is 0.495 e. The minimum Gasteiger partial charge on any atom is -0.495 e. The second kappa shape index (κ2) is 14.2. The maximum Gasteiger partial charge on any atom is 0.244 e. The van der Waals surface area contributed by atoms with Gasteiger partial charge in [-0.25, -0.2) is 8.42 Å². The third-order valence-electron chi connectivity index (χ3n) is 6.99. The molecule has 3 rings (SSSR count). The predicted molar refractivity (Wildman–Crippen MR) is 163 cm³/mol. The Morgan fingerprint density at radius 3 is 2.20 bits per heavy atom. The van der Waals surface area contributed by atoms with Crippen LogP contribution in [0.1, 0.15) is 42.5 Å². The molecule has 41 heavy (non-hydrogen) atoms. The summed E-state index contributed by atoms with van der Waals surface area (Å²) >= 11 is 0. The zero-order valence-electron chi connectivity index (χ0n) is 24.8. The van der Waals surface area contributed by atoms with Crippen LogP contribution in [0.15, 0.2) is 72.8 Å². The van der Waals surface area contributed by atoms with Gasteiger partial charge >= 0.3 is 0 Å². The number of ether oxygens (including phenoxy) is 1. The highest BCUT2D eigenvalue weighted by molar-refractivity contribution is 7.92. The molecule has 0 bridgehead atoms. The summed E-state index contributed by atoms with van der Waals surface area (Å²) < 4.78 is 32.6. The molecule has 0 saturated carbocycles. The second-order valence-corrected chi connectivity index (χ2v) is 12.4. The summed E-state index contributed by atoms with van der Waals surface area (Å²) in [5.74, 6) is -0.460. The van der Waals surface area contributed by atoms with Crippen molar-refractivity contribution in [3.63, 3.8) is 0 Å². The van der Waals surface area contributed by atoms with E-state index in [-0.39, 0.29) is 30.6 Å². The molecule has 3 aromatic rings. The number of hydrogen-bond donors (Lipinski definition) is 1. The summed E-state index contributed by atoms with van der Waals surface area (Å²) in [6.07, 6.45) is 2.06. The zero-order chi connectivity index (χ0) is 30.2. The Balaban J connectivity index is 2.10. The van der Waals surface area contributed by atoms with Crippen LogP contribution < -0.4 is 14.4 Å². The average molecular weight is 580 g/mol. The first-order valence-corrected chi connectivity index (χ1v) is 15.6. The van der Waals surface area contributed by atoms with Crippen molar-refractivity contribution in [3.8, 4) is 5.75 Å². The fourth-order valence-corrected chi connectivity index (χ4v) is 5.44. The van der Waals surface area contributed by atoms with Crippen molar-refractivity contribution in [1.29, 1.82) is 0 Å². The summed E-state index contributed by atoms with van der Waals surface area (Å²) in [5.41, 5.74) is 3.82. The van der Waals surface area contributed by atoms with Crippen molar-refractivity contribution in [2.24, 2.45) is 0 Å². The highest BCUT2D eigenvalue weighted by Crippen LogP contribution is 2.31. The Hall–Kier alpha value is -3.85. The fraction of sp³-hybridized carbons (Fsp3) is 0.375. The molecular formula is C32H41N3O5S. The number of anilines is 1. The monoisotopic (exact) mass is 579 g/mol. The summed E-state index contributed by atoms with van der Waals surface area (Å²) in [6.45, 7) is 7.33. The van der Waals surface area contributed by atoms with Gasteiger partial charge in [0.05, 0.1) is 19.1 Å². The molecule has 9 heteroatoms. The Kier molecular flexibility index (Phi) is 10.9. The van der Waals surface area contributed by atoms with Crippen molar-refractivity contribution in [1.82, 2.24) is 10.2 Å². The number of aryl methyl sites for hydroxylation is 2. The highest BCUT2D eigenvalue weighted by atomic mass is 32.2. The number of hydrogen-bond acceptors (Lipinski definition) is 5. The van der Waals surface area contributed by atoms with E-state index in [4.69, 9.17) is 4.74 Å². The van der Waals surface area contributed by atoms with Crippen molar-refractivity contribution in [2.75, 3.05) is 24.2 Å². The minimum absolute atomic E-state index is 0.0965. The predicted octanol–water partition coefficient (Wildman–Crippen LogP) is 4.63. The molecule has 8 nitrogen and oxygen atoms in total. The van der Waals surface area contributed by atoms with Gasteiger partial charge in [-0.1, -0.05) is 73.2 Å². The van der Waals surface area contributed by atoms with Crippen molar-refractivity contribution in [3.05, 3.63) is 95.1 Å². The summed E-state index contributed by atoms with van der Waals surface area (Å²) in [7, 11) is -2.44. The van der Waals surface area contributed by atoms with Gasteiger partial charge in [0.2, 0.25) is 21.8 Å². The number of benzene rings is 3. The normalized spacial score (nSPS) is 12.7. The van der Waals surface area contributed by atoms with Crippen LogP contribution in [-0.2, 0) is 32.6 Å². The summed E-state index contributed by atoms with van der Waals surface area (Å²) in [4.78, 5) is 29.5. The van der Waals surface area contributed by atoms with Gasteiger partial charge in [-0.05, 0) is 56.0 Å². The lowest BCUT2D eigenvalue weighted by Gasteiger charge is -2.34. The molecule has 0 aromatic heterocycles. The van der Waals surface area contributed by atoms with E-state index in [1.165, 1.54) is 12.0 Å². The van der Waals surface area contributed by atoms with Gasteiger partial charge in [-0.3, -0.25) is 13.9 Å². The number of rotatable bonds is 13. The Bertz CT molecular complexity index is 1440. The van der Waals surface area contributed by atoms with Crippen molar-refractivity contribution in [2.45, 2.75) is 59.2 Å². The topological polar surface area (TPSA) is 96.0 Å². The molecule has 0 unspecified atom stereocenters. The molecule has 0 aliphatic rings. The first-order valence-electron chi connectivity index (χ1n) is 13.7. The van der Waals surface area contributed by atoms with Crippen LogP contribution in [0.2, 0.25) is 0 Å². The van der Waals surface area contributed by atoms with Gasteiger partial charge in [-0.15, -0.1) is 0 Å². The summed E-state index contributed by atoms with van der Waals surface area (Å²) in [5, 5.41) is 3.04. The molecule has 0 radical (unpaired) electrons. The van der Waals surface area contributed by atoms with E-state index in [9.17, 15) is 18.0 Å². The van der Waals surface area contributed by atoms with E-state index in [2.05, 4.69) is 5.32 Å². The standard InChI is InChI=1S/C32H41N3O5S/c1-7-25(4)33-32(37)29(20-26-13-9-8-10-14-26)34(21-27-15-11-12-23(2)18-27)31(36)22-35(41(6,38)39)28-19-24(3)16-17-30(28)40-5/h8-19,25,29H,7,20-22H2,1-6H3,(H,33,37)/t25-,29+/m0/s1. The Labute approximate surface area is 244 Å². The Morgan fingerprint density at radius 1 is 0.927 bits per heavy atom. The van der Waals surface area contributed by atoms with E-state index in [0.29, 0.717) is 5.75 Å². The maximum atomic E-state index is 14.2. The lowest BCUT2D eigenvalue weighted by molar-refractivity contribution is -0.140. The van der Waals surface area contributed by atoms with Gasteiger partial charge in [-0.2, -0.15) is 0 Å². The van der Waals surface area contributed by atoms with Crippen LogP contribution >= 0.6 is 0 Å². The van der Waals surface area contributed by atoms with Crippen LogP contribution in [-0.4, -0.2) is 57.1 Å². The lowest BCUT2D eigenvalue weighted by atomic mass is 10.0. The van der Waals surface area contributed by atoms with E-state index >= 15 is 0 Å². The first-order chi connectivity index (χ1) is 19.4. The number of amides is 2. The quantitative estimate of drug-likeness (QED) is 0.319. The molecular weight excluding hydrogens is 538 g/mol.